The second-order valence-electron chi connectivity index (χ2n) is 3.94. The van der Waals surface area contributed by atoms with Gasteiger partial charge in [-0.05, 0) is 12.1 Å². The van der Waals surface area contributed by atoms with E-state index in [1.807, 2.05) is 24.3 Å². The van der Waals surface area contributed by atoms with Gasteiger partial charge in [0.2, 0.25) is 0 Å². The third kappa shape index (κ3) is 2.07. The summed E-state index contributed by atoms with van der Waals surface area (Å²) in [6.07, 6.45) is 0. The molecule has 0 saturated carbocycles. The van der Waals surface area contributed by atoms with E-state index in [-0.39, 0.29) is 11.8 Å². The van der Waals surface area contributed by atoms with Crippen molar-refractivity contribution in [1.82, 2.24) is 4.90 Å². The van der Waals surface area contributed by atoms with E-state index in [1.165, 1.54) is 28.4 Å². The van der Waals surface area contributed by atoms with Crippen LogP contribution in [0.3, 0.4) is 0 Å². The van der Waals surface area contributed by atoms with Crippen molar-refractivity contribution in [2.24, 2.45) is 0 Å². The van der Waals surface area contributed by atoms with Gasteiger partial charge in [-0.3, -0.25) is 14.5 Å². The number of likely N-dealkylation sites (N-methyl/N-ethyl adjacent to an activating group) is 1. The van der Waals surface area contributed by atoms with Gasteiger partial charge in [0, 0.05) is 11.9 Å². The van der Waals surface area contributed by atoms with Crippen molar-refractivity contribution < 1.29 is 9.59 Å². The van der Waals surface area contributed by atoms with Crippen LogP contribution in [0.25, 0.3) is 0 Å². The Hall–Kier alpha value is -1.31. The van der Waals surface area contributed by atoms with Crippen molar-refractivity contribution in [3.63, 3.8) is 0 Å². The molecule has 3 rings (SSSR count). The third-order valence-corrected chi connectivity index (χ3v) is 5.58. The molecule has 0 aliphatic carbocycles. The SMILES string of the molecule is CN1C(=O)/C(=C2\Sc3ccccc3NC2=O)SC1=S. The molecule has 1 aromatic carbocycles. The molecule has 2 amide bonds. The molecule has 19 heavy (non-hydrogen) atoms. The zero-order valence-electron chi connectivity index (χ0n) is 9.80. The highest BCUT2D eigenvalue weighted by atomic mass is 32.2. The number of hydrogen-bond donors (Lipinski definition) is 1. The fourth-order valence-corrected chi connectivity index (χ4v) is 4.03. The lowest BCUT2D eigenvalue weighted by molar-refractivity contribution is -0.121. The summed E-state index contributed by atoms with van der Waals surface area (Å²) in [5.41, 5.74) is 0.772. The molecule has 1 saturated heterocycles. The summed E-state index contributed by atoms with van der Waals surface area (Å²) >= 11 is 7.56. The van der Waals surface area contributed by atoms with Gasteiger partial charge < -0.3 is 5.32 Å². The van der Waals surface area contributed by atoms with Crippen LogP contribution in [-0.4, -0.2) is 28.1 Å². The van der Waals surface area contributed by atoms with Crippen LogP contribution in [0.2, 0.25) is 0 Å². The van der Waals surface area contributed by atoms with Crippen molar-refractivity contribution in [3.05, 3.63) is 34.1 Å². The number of anilines is 1. The van der Waals surface area contributed by atoms with E-state index in [2.05, 4.69) is 5.32 Å². The molecule has 7 heteroatoms. The summed E-state index contributed by atoms with van der Waals surface area (Å²) in [4.78, 5) is 27.3. The number of nitrogens with one attached hydrogen (secondary N) is 1. The van der Waals surface area contributed by atoms with Crippen LogP contribution in [0, 0.1) is 0 Å². The highest BCUT2D eigenvalue weighted by molar-refractivity contribution is 8.27. The minimum atomic E-state index is -0.252. The minimum Gasteiger partial charge on any atom is -0.320 e. The normalized spacial score (nSPS) is 22.6. The van der Waals surface area contributed by atoms with E-state index in [9.17, 15) is 9.59 Å². The minimum absolute atomic E-state index is 0.216. The number of benzene rings is 1. The van der Waals surface area contributed by atoms with Crippen LogP contribution < -0.4 is 5.32 Å². The first-order valence-corrected chi connectivity index (χ1v) is 7.44. The summed E-state index contributed by atoms with van der Waals surface area (Å²) in [5.74, 6) is -0.468. The first-order valence-electron chi connectivity index (χ1n) is 5.40. The molecule has 4 nitrogen and oxygen atoms in total. The summed E-state index contributed by atoms with van der Waals surface area (Å²) in [7, 11) is 1.62. The van der Waals surface area contributed by atoms with Gasteiger partial charge in [-0.1, -0.05) is 47.9 Å². The molecule has 1 N–H and O–H groups in total. The topological polar surface area (TPSA) is 49.4 Å². The van der Waals surface area contributed by atoms with Gasteiger partial charge in [0.25, 0.3) is 11.8 Å². The molecule has 0 spiro atoms. The van der Waals surface area contributed by atoms with Gasteiger partial charge in [-0.25, -0.2) is 0 Å². The Morgan fingerprint density at radius 3 is 2.58 bits per heavy atom. The van der Waals surface area contributed by atoms with Gasteiger partial charge in [-0.15, -0.1) is 0 Å². The van der Waals surface area contributed by atoms with Gasteiger partial charge in [0.05, 0.1) is 15.5 Å². The summed E-state index contributed by atoms with van der Waals surface area (Å²) < 4.78 is 0.472. The monoisotopic (exact) mass is 308 g/mol. The van der Waals surface area contributed by atoms with E-state index in [0.29, 0.717) is 14.1 Å². The Kier molecular flexibility index (Phi) is 3.12. The van der Waals surface area contributed by atoms with E-state index < -0.39 is 0 Å². The molecule has 2 aliphatic heterocycles. The van der Waals surface area contributed by atoms with Crippen LogP contribution >= 0.6 is 35.7 Å². The zero-order valence-corrected chi connectivity index (χ0v) is 12.2. The number of amides is 2. The number of hydrogen-bond acceptors (Lipinski definition) is 5. The molecule has 0 atom stereocenters. The molecule has 0 unspecified atom stereocenters. The van der Waals surface area contributed by atoms with Gasteiger partial charge >= 0.3 is 0 Å². The summed E-state index contributed by atoms with van der Waals surface area (Å²) in [6, 6.07) is 7.50. The Labute approximate surface area is 123 Å². The first kappa shape index (κ1) is 12.7. The lowest BCUT2D eigenvalue weighted by atomic mass is 10.3. The summed E-state index contributed by atoms with van der Waals surface area (Å²) in [6.45, 7) is 0. The van der Waals surface area contributed by atoms with E-state index >= 15 is 0 Å². The highest BCUT2D eigenvalue weighted by Crippen LogP contribution is 2.44. The maximum atomic E-state index is 12.1. The maximum Gasteiger partial charge on any atom is 0.267 e. The smallest absolute Gasteiger partial charge is 0.267 e. The average Bonchev–Trinajstić information content (AvgIpc) is 2.66. The Morgan fingerprint density at radius 2 is 1.89 bits per heavy atom. The fraction of sp³-hybridized carbons (Fsp3) is 0.0833. The highest BCUT2D eigenvalue weighted by Gasteiger charge is 2.35. The van der Waals surface area contributed by atoms with Crippen molar-refractivity contribution in [2.75, 3.05) is 12.4 Å². The lowest BCUT2D eigenvalue weighted by Crippen LogP contribution is -2.24. The predicted octanol–water partition coefficient (Wildman–Crippen LogP) is 2.43. The van der Waals surface area contributed by atoms with Crippen LogP contribution in [0.4, 0.5) is 5.69 Å². The van der Waals surface area contributed by atoms with Crippen molar-refractivity contribution >= 4 is 57.6 Å². The fourth-order valence-electron chi connectivity index (χ4n) is 1.72. The lowest BCUT2D eigenvalue weighted by Gasteiger charge is -2.19. The number of thioether (sulfide) groups is 2. The number of rotatable bonds is 0. The number of carbonyl (C=O) groups is 2. The molecule has 0 aromatic heterocycles. The number of fused-ring (bicyclic) bond motifs is 1. The second kappa shape index (κ2) is 4.66. The molecule has 0 bridgehead atoms. The van der Waals surface area contributed by atoms with Crippen molar-refractivity contribution in [2.45, 2.75) is 4.90 Å². The standard InChI is InChI=1S/C12H8N2O2S3/c1-14-11(16)9(19-12(14)17)8-10(15)13-6-4-2-3-5-7(6)18-8/h2-5H,1H3,(H,13,15)/b9-8+. The number of nitrogens with zero attached hydrogens (tertiary/aromatic N) is 1. The van der Waals surface area contributed by atoms with Crippen LogP contribution in [0.15, 0.2) is 39.0 Å². The maximum absolute atomic E-state index is 12.1. The second-order valence-corrected chi connectivity index (χ2v) is 6.64. The Bertz CT molecular complexity index is 654. The van der Waals surface area contributed by atoms with Crippen molar-refractivity contribution in [1.29, 1.82) is 0 Å². The number of thiocarbonyl (C=S) groups is 1. The van der Waals surface area contributed by atoms with E-state index in [4.69, 9.17) is 12.2 Å². The molecule has 0 radical (unpaired) electrons. The Morgan fingerprint density at radius 1 is 1.16 bits per heavy atom. The molecule has 1 aromatic rings. The number of para-hydroxylation sites is 1. The molecule has 96 valence electrons. The molecular weight excluding hydrogens is 300 g/mol. The zero-order chi connectivity index (χ0) is 13.6. The van der Waals surface area contributed by atoms with Gasteiger partial charge in [0.15, 0.2) is 0 Å². The van der Waals surface area contributed by atoms with E-state index in [0.717, 1.165) is 10.6 Å². The van der Waals surface area contributed by atoms with Gasteiger partial charge in [0.1, 0.15) is 4.32 Å². The third-order valence-electron chi connectivity index (χ3n) is 2.72. The predicted molar refractivity (Wildman–Crippen MR) is 80.9 cm³/mol. The molecule has 1 fully saturated rings. The van der Waals surface area contributed by atoms with Crippen LogP contribution in [0.1, 0.15) is 0 Å². The van der Waals surface area contributed by atoms with Gasteiger partial charge in [-0.2, -0.15) is 0 Å². The van der Waals surface area contributed by atoms with Crippen molar-refractivity contribution in [3.8, 4) is 0 Å². The molecule has 2 heterocycles. The Balaban J connectivity index is 2.06. The van der Waals surface area contributed by atoms with Crippen LogP contribution in [-0.2, 0) is 9.59 Å². The largest absolute Gasteiger partial charge is 0.320 e. The molecular formula is C12H8N2O2S3. The first-order chi connectivity index (χ1) is 9.08. The quantitative estimate of drug-likeness (QED) is 0.589. The number of carbonyl (C=O) groups excluding carboxylic acids is 2. The van der Waals surface area contributed by atoms with Crippen LogP contribution in [0.5, 0.6) is 0 Å². The summed E-state index contributed by atoms with van der Waals surface area (Å²) in [5, 5.41) is 2.79. The molecule has 2 aliphatic rings. The average molecular weight is 308 g/mol. The van der Waals surface area contributed by atoms with E-state index in [1.54, 1.807) is 7.05 Å².